The maximum atomic E-state index is 12.5. The number of nitrogens with zero attached hydrogens (tertiary/aromatic N) is 2. The molecule has 1 aliphatic rings. The first-order chi connectivity index (χ1) is 13.1. The van der Waals surface area contributed by atoms with Crippen molar-refractivity contribution < 1.29 is 14.7 Å². The summed E-state index contributed by atoms with van der Waals surface area (Å²) in [5.41, 5.74) is 2.95. The molecule has 3 rings (SSSR count). The topological polar surface area (TPSA) is 110 Å². The molecule has 0 unspecified atom stereocenters. The second kappa shape index (κ2) is 8.79. The second-order valence-electron chi connectivity index (χ2n) is 6.63. The number of aromatic nitrogens is 2. The zero-order chi connectivity index (χ0) is 19.2. The van der Waals surface area contributed by atoms with Gasteiger partial charge in [0.1, 0.15) is 6.61 Å². The summed E-state index contributed by atoms with van der Waals surface area (Å²) < 4.78 is 0. The first-order valence-electron chi connectivity index (χ1n) is 9.12. The molecule has 0 radical (unpaired) electrons. The molecule has 1 aromatic carbocycles. The van der Waals surface area contributed by atoms with E-state index < -0.39 is 12.5 Å². The molecule has 2 aromatic rings. The molecule has 8 nitrogen and oxygen atoms in total. The van der Waals surface area contributed by atoms with E-state index in [1.165, 1.54) is 0 Å². The molecule has 8 heteroatoms. The maximum absolute atomic E-state index is 12.5. The van der Waals surface area contributed by atoms with Crippen LogP contribution in [0.4, 0.5) is 0 Å². The molecule has 0 saturated carbocycles. The van der Waals surface area contributed by atoms with Gasteiger partial charge in [0.05, 0.1) is 17.9 Å². The highest BCUT2D eigenvalue weighted by Gasteiger charge is 2.37. The minimum Gasteiger partial charge on any atom is -0.387 e. The van der Waals surface area contributed by atoms with Gasteiger partial charge in [-0.25, -0.2) is 0 Å². The first-order valence-corrected chi connectivity index (χ1v) is 9.12. The number of amides is 2. The average Bonchev–Trinajstić information content (AvgIpc) is 3.30. The van der Waals surface area contributed by atoms with Crippen LogP contribution in [0.15, 0.2) is 36.5 Å². The van der Waals surface area contributed by atoms with Crippen molar-refractivity contribution in [1.82, 2.24) is 25.7 Å². The van der Waals surface area contributed by atoms with Gasteiger partial charge in [-0.15, -0.1) is 0 Å². The Morgan fingerprint density at radius 3 is 2.81 bits per heavy atom. The van der Waals surface area contributed by atoms with Gasteiger partial charge in [0, 0.05) is 31.2 Å². The summed E-state index contributed by atoms with van der Waals surface area (Å²) in [4.78, 5) is 26.1. The van der Waals surface area contributed by atoms with Gasteiger partial charge in [-0.1, -0.05) is 30.3 Å². The number of likely N-dealkylation sites (tertiary alicyclic amines) is 1. The summed E-state index contributed by atoms with van der Waals surface area (Å²) in [6.07, 6.45) is 2.28. The number of carbonyl (C=O) groups excluding carboxylic acids is 2. The van der Waals surface area contributed by atoms with Crippen molar-refractivity contribution in [3.05, 3.63) is 42.1 Å². The third-order valence-electron chi connectivity index (χ3n) is 4.72. The summed E-state index contributed by atoms with van der Waals surface area (Å²) in [5, 5.41) is 21.8. The van der Waals surface area contributed by atoms with E-state index in [4.69, 9.17) is 5.11 Å². The smallest absolute Gasteiger partial charge is 0.245 e. The molecule has 0 bridgehead atoms. The van der Waals surface area contributed by atoms with Gasteiger partial charge >= 0.3 is 0 Å². The summed E-state index contributed by atoms with van der Waals surface area (Å²) in [6.45, 7) is 2.95. The van der Waals surface area contributed by atoms with Gasteiger partial charge in [0.25, 0.3) is 0 Å². The number of H-pyrrole nitrogens is 1. The number of likely N-dealkylation sites (N-methyl/N-ethyl adjacent to an activating group) is 1. The Morgan fingerprint density at radius 1 is 1.33 bits per heavy atom. The summed E-state index contributed by atoms with van der Waals surface area (Å²) >= 11 is 0. The van der Waals surface area contributed by atoms with Crippen LogP contribution >= 0.6 is 0 Å². The predicted molar refractivity (Wildman–Crippen MR) is 101 cm³/mol. The van der Waals surface area contributed by atoms with Gasteiger partial charge in [-0.05, 0) is 18.9 Å². The van der Waals surface area contributed by atoms with Crippen LogP contribution in [0.25, 0.3) is 11.3 Å². The lowest BCUT2D eigenvalue weighted by Crippen LogP contribution is -2.42. The van der Waals surface area contributed by atoms with E-state index in [9.17, 15) is 9.59 Å². The van der Waals surface area contributed by atoms with Crippen molar-refractivity contribution >= 4 is 11.8 Å². The van der Waals surface area contributed by atoms with Crippen LogP contribution in [0, 0.1) is 0 Å². The molecule has 2 heterocycles. The largest absolute Gasteiger partial charge is 0.387 e. The number of rotatable bonds is 7. The van der Waals surface area contributed by atoms with Gasteiger partial charge in [-0.3, -0.25) is 19.6 Å². The van der Waals surface area contributed by atoms with E-state index >= 15 is 0 Å². The highest BCUT2D eigenvalue weighted by atomic mass is 16.3. The number of aliphatic hydroxyl groups is 1. The van der Waals surface area contributed by atoms with Crippen molar-refractivity contribution in [2.75, 3.05) is 19.7 Å². The molecule has 1 fully saturated rings. The maximum Gasteiger partial charge on any atom is 0.245 e. The van der Waals surface area contributed by atoms with E-state index in [2.05, 4.69) is 20.8 Å². The van der Waals surface area contributed by atoms with Gasteiger partial charge < -0.3 is 15.7 Å². The van der Waals surface area contributed by atoms with Crippen molar-refractivity contribution in [3.63, 3.8) is 0 Å². The zero-order valence-corrected chi connectivity index (χ0v) is 15.3. The second-order valence-corrected chi connectivity index (χ2v) is 6.63. The molecule has 0 aliphatic carbocycles. The Bertz CT molecular complexity index is 777. The normalized spacial score (nSPS) is 19.8. The number of benzene rings is 1. The molecule has 0 spiro atoms. The number of aliphatic hydroxyl groups excluding tert-OH is 1. The zero-order valence-electron chi connectivity index (χ0n) is 15.3. The van der Waals surface area contributed by atoms with E-state index in [-0.39, 0.29) is 18.0 Å². The molecule has 144 valence electrons. The Kier molecular flexibility index (Phi) is 6.20. The number of aromatic amines is 1. The molecule has 27 heavy (non-hydrogen) atoms. The Morgan fingerprint density at radius 2 is 2.11 bits per heavy atom. The highest BCUT2D eigenvalue weighted by Crippen LogP contribution is 2.26. The molecule has 2 amide bonds. The lowest BCUT2D eigenvalue weighted by Gasteiger charge is -2.23. The monoisotopic (exact) mass is 371 g/mol. The predicted octanol–water partition coefficient (Wildman–Crippen LogP) is 0.264. The molecule has 1 saturated heterocycles. The third-order valence-corrected chi connectivity index (χ3v) is 4.72. The number of nitrogens with one attached hydrogen (secondary N) is 3. The highest BCUT2D eigenvalue weighted by molar-refractivity contribution is 5.82. The fraction of sp³-hybridized carbons (Fsp3) is 0.421. The van der Waals surface area contributed by atoms with E-state index in [0.717, 1.165) is 16.8 Å². The van der Waals surface area contributed by atoms with Gasteiger partial charge in [0.15, 0.2) is 0 Å². The fourth-order valence-corrected chi connectivity index (χ4v) is 3.53. The van der Waals surface area contributed by atoms with E-state index in [0.29, 0.717) is 26.1 Å². The lowest BCUT2D eigenvalue weighted by molar-refractivity contribution is -0.126. The molecular formula is C19H25N5O3. The quantitative estimate of drug-likeness (QED) is 0.558. The minimum atomic E-state index is -0.553. The number of hydrogen-bond donors (Lipinski definition) is 4. The molecule has 1 aromatic heterocycles. The first kappa shape index (κ1) is 19.1. The summed E-state index contributed by atoms with van der Waals surface area (Å²) in [6, 6.07) is 9.39. The van der Waals surface area contributed by atoms with Crippen LogP contribution in [0.1, 0.15) is 18.9 Å². The number of carbonyl (C=O) groups is 2. The van der Waals surface area contributed by atoms with Crippen LogP contribution in [-0.2, 0) is 16.1 Å². The molecule has 2 atom stereocenters. The van der Waals surface area contributed by atoms with Crippen LogP contribution < -0.4 is 10.6 Å². The van der Waals surface area contributed by atoms with Crippen molar-refractivity contribution in [2.24, 2.45) is 0 Å². The lowest BCUT2D eigenvalue weighted by atomic mass is 10.1. The Balaban J connectivity index is 1.78. The Labute approximate surface area is 158 Å². The van der Waals surface area contributed by atoms with Gasteiger partial charge in [-0.2, -0.15) is 5.10 Å². The third kappa shape index (κ3) is 4.53. The minimum absolute atomic E-state index is 0.0528. The van der Waals surface area contributed by atoms with Crippen LogP contribution in [0.3, 0.4) is 0 Å². The van der Waals surface area contributed by atoms with Crippen molar-refractivity contribution in [2.45, 2.75) is 32.0 Å². The fourth-order valence-electron chi connectivity index (χ4n) is 3.53. The summed E-state index contributed by atoms with van der Waals surface area (Å²) in [5.74, 6) is -0.479. The SMILES string of the molecule is CCNC(=O)[C@@H]1C[C@@H](NC(=O)CO)CN1Cc1cn[nH]c1-c1ccccc1. The van der Waals surface area contributed by atoms with E-state index in [1.807, 2.05) is 42.2 Å². The van der Waals surface area contributed by atoms with Crippen LogP contribution in [0.5, 0.6) is 0 Å². The Hall–Kier alpha value is -2.71. The molecular weight excluding hydrogens is 346 g/mol. The molecule has 1 aliphatic heterocycles. The van der Waals surface area contributed by atoms with Crippen molar-refractivity contribution in [3.8, 4) is 11.3 Å². The van der Waals surface area contributed by atoms with Gasteiger partial charge in [0.2, 0.25) is 11.8 Å². The average molecular weight is 371 g/mol. The number of hydrogen-bond acceptors (Lipinski definition) is 5. The van der Waals surface area contributed by atoms with E-state index in [1.54, 1.807) is 6.20 Å². The van der Waals surface area contributed by atoms with Crippen LogP contribution in [0.2, 0.25) is 0 Å². The molecule has 4 N–H and O–H groups in total. The van der Waals surface area contributed by atoms with Crippen molar-refractivity contribution in [1.29, 1.82) is 0 Å². The van der Waals surface area contributed by atoms with Crippen LogP contribution in [-0.4, -0.2) is 63.8 Å². The standard InChI is InChI=1S/C19H25N5O3/c1-2-20-19(27)16-8-15(22-17(26)12-25)11-24(16)10-14-9-21-23-18(14)13-6-4-3-5-7-13/h3-7,9,15-16,25H,2,8,10-12H2,1H3,(H,20,27)(H,21,23)(H,22,26)/t15-,16+/m1/s1. The summed E-state index contributed by atoms with van der Waals surface area (Å²) in [7, 11) is 0.